The Bertz CT molecular complexity index is 310. The standard InChI is InChI=1S/C13H21N3O/c1-15-12-8-4-7-11-16(13(12)17)10-6-3-2-5-9-14/h2-3,5-6,9,12,14-15H,4,7-8,10-11H2,1H3/b5-2-,6-3+,14-9?. The maximum atomic E-state index is 12.1. The first-order valence-corrected chi connectivity index (χ1v) is 6.08. The van der Waals surface area contributed by atoms with Crippen LogP contribution in [0.15, 0.2) is 24.3 Å². The summed E-state index contributed by atoms with van der Waals surface area (Å²) in [5.41, 5.74) is 0. The second-order valence-corrected chi connectivity index (χ2v) is 4.10. The SMILES string of the molecule is CNC1CCCCN(C/C=C/C=C\C=N)C1=O. The molecule has 1 amide bonds. The zero-order valence-electron chi connectivity index (χ0n) is 10.4. The molecule has 1 unspecified atom stereocenters. The van der Waals surface area contributed by atoms with Crippen LogP contribution in [-0.4, -0.2) is 43.2 Å². The molecule has 1 aliphatic heterocycles. The minimum absolute atomic E-state index is 0.0250. The molecule has 4 nitrogen and oxygen atoms in total. The van der Waals surface area contributed by atoms with Crippen molar-refractivity contribution in [2.24, 2.45) is 0 Å². The van der Waals surface area contributed by atoms with Gasteiger partial charge in [-0.15, -0.1) is 0 Å². The molecule has 1 heterocycles. The van der Waals surface area contributed by atoms with Crippen molar-refractivity contribution in [2.45, 2.75) is 25.3 Å². The summed E-state index contributed by atoms with van der Waals surface area (Å²) in [5, 5.41) is 9.90. The number of amides is 1. The second kappa shape index (κ2) is 7.79. The van der Waals surface area contributed by atoms with Crippen LogP contribution < -0.4 is 5.32 Å². The van der Waals surface area contributed by atoms with Gasteiger partial charge in [0.15, 0.2) is 0 Å². The van der Waals surface area contributed by atoms with Crippen molar-refractivity contribution in [1.29, 1.82) is 5.41 Å². The lowest BCUT2D eigenvalue weighted by Gasteiger charge is -2.22. The number of nitrogens with zero attached hydrogens (tertiary/aromatic N) is 1. The number of carbonyl (C=O) groups is 1. The largest absolute Gasteiger partial charge is 0.338 e. The summed E-state index contributed by atoms with van der Waals surface area (Å²) in [5.74, 6) is 0.200. The van der Waals surface area contributed by atoms with E-state index in [1.165, 1.54) is 6.21 Å². The van der Waals surface area contributed by atoms with Crippen molar-refractivity contribution in [3.05, 3.63) is 24.3 Å². The first-order chi connectivity index (χ1) is 8.29. The summed E-state index contributed by atoms with van der Waals surface area (Å²) in [4.78, 5) is 14.0. The van der Waals surface area contributed by atoms with Gasteiger partial charge in [0.2, 0.25) is 5.91 Å². The molecule has 1 saturated heterocycles. The van der Waals surface area contributed by atoms with Crippen LogP contribution in [0.5, 0.6) is 0 Å². The molecule has 2 N–H and O–H groups in total. The Kier molecular flexibility index (Phi) is 6.25. The molecule has 0 spiro atoms. The van der Waals surface area contributed by atoms with Gasteiger partial charge >= 0.3 is 0 Å². The Morgan fingerprint density at radius 1 is 1.41 bits per heavy atom. The summed E-state index contributed by atoms with van der Waals surface area (Å²) >= 11 is 0. The minimum Gasteiger partial charge on any atom is -0.338 e. The van der Waals surface area contributed by atoms with E-state index in [1.807, 2.05) is 24.1 Å². The van der Waals surface area contributed by atoms with Gasteiger partial charge in [0.05, 0.1) is 6.04 Å². The van der Waals surface area contributed by atoms with Crippen LogP contribution in [0.25, 0.3) is 0 Å². The fourth-order valence-electron chi connectivity index (χ4n) is 1.94. The average Bonchev–Trinajstić information content (AvgIpc) is 2.52. The van der Waals surface area contributed by atoms with Crippen molar-refractivity contribution in [2.75, 3.05) is 20.1 Å². The second-order valence-electron chi connectivity index (χ2n) is 4.10. The number of likely N-dealkylation sites (N-methyl/N-ethyl adjacent to an activating group) is 1. The lowest BCUT2D eigenvalue weighted by Crippen LogP contribution is -2.43. The Balaban J connectivity index is 2.50. The molecule has 0 aromatic carbocycles. The Morgan fingerprint density at radius 3 is 2.94 bits per heavy atom. The molecule has 0 aromatic rings. The zero-order valence-corrected chi connectivity index (χ0v) is 10.4. The number of rotatable bonds is 5. The quantitative estimate of drug-likeness (QED) is 0.558. The molecule has 0 saturated carbocycles. The summed E-state index contributed by atoms with van der Waals surface area (Å²) in [6.07, 6.45) is 11.6. The molecule has 1 rings (SSSR count). The van der Waals surface area contributed by atoms with Gasteiger partial charge in [0.1, 0.15) is 0 Å². The van der Waals surface area contributed by atoms with E-state index in [1.54, 1.807) is 12.2 Å². The highest BCUT2D eigenvalue weighted by Crippen LogP contribution is 2.11. The highest BCUT2D eigenvalue weighted by molar-refractivity contribution is 5.82. The minimum atomic E-state index is -0.0250. The third-order valence-electron chi connectivity index (χ3n) is 2.91. The Labute approximate surface area is 103 Å². The summed E-state index contributed by atoms with van der Waals surface area (Å²) in [6, 6.07) is -0.0250. The molecule has 4 heteroatoms. The average molecular weight is 235 g/mol. The topological polar surface area (TPSA) is 56.2 Å². The van der Waals surface area contributed by atoms with Gasteiger partial charge in [-0.3, -0.25) is 4.79 Å². The van der Waals surface area contributed by atoms with Gasteiger partial charge < -0.3 is 15.6 Å². The van der Waals surface area contributed by atoms with Crippen molar-refractivity contribution >= 4 is 12.1 Å². The summed E-state index contributed by atoms with van der Waals surface area (Å²) < 4.78 is 0. The molecule has 0 aromatic heterocycles. The maximum absolute atomic E-state index is 12.1. The summed E-state index contributed by atoms with van der Waals surface area (Å²) in [7, 11) is 1.84. The first-order valence-electron chi connectivity index (χ1n) is 6.08. The van der Waals surface area contributed by atoms with E-state index in [-0.39, 0.29) is 11.9 Å². The van der Waals surface area contributed by atoms with E-state index in [0.29, 0.717) is 6.54 Å². The lowest BCUT2D eigenvalue weighted by atomic mass is 10.1. The van der Waals surface area contributed by atoms with Crippen molar-refractivity contribution < 1.29 is 4.79 Å². The van der Waals surface area contributed by atoms with Crippen molar-refractivity contribution in [3.63, 3.8) is 0 Å². The normalized spacial score (nSPS) is 22.3. The predicted octanol–water partition coefficient (Wildman–Crippen LogP) is 1.35. The van der Waals surface area contributed by atoms with Gasteiger partial charge in [-0.1, -0.05) is 18.2 Å². The maximum Gasteiger partial charge on any atom is 0.239 e. The molecule has 0 aliphatic carbocycles. The van der Waals surface area contributed by atoms with E-state index < -0.39 is 0 Å². The van der Waals surface area contributed by atoms with Crippen LogP contribution in [0.2, 0.25) is 0 Å². The molecular weight excluding hydrogens is 214 g/mol. The van der Waals surface area contributed by atoms with Crippen LogP contribution in [0.3, 0.4) is 0 Å². The van der Waals surface area contributed by atoms with Crippen LogP contribution in [0.1, 0.15) is 19.3 Å². The van der Waals surface area contributed by atoms with E-state index >= 15 is 0 Å². The van der Waals surface area contributed by atoms with E-state index in [9.17, 15) is 4.79 Å². The number of likely N-dealkylation sites (tertiary alicyclic amines) is 1. The van der Waals surface area contributed by atoms with Crippen LogP contribution in [0, 0.1) is 5.41 Å². The molecule has 94 valence electrons. The Morgan fingerprint density at radius 2 is 2.24 bits per heavy atom. The van der Waals surface area contributed by atoms with Crippen LogP contribution in [0.4, 0.5) is 0 Å². The third kappa shape index (κ3) is 4.53. The molecule has 1 fully saturated rings. The van der Waals surface area contributed by atoms with Gasteiger partial charge in [0.25, 0.3) is 0 Å². The first kappa shape index (κ1) is 13.6. The molecule has 1 aliphatic rings. The van der Waals surface area contributed by atoms with Crippen LogP contribution >= 0.6 is 0 Å². The van der Waals surface area contributed by atoms with Crippen molar-refractivity contribution in [3.8, 4) is 0 Å². The lowest BCUT2D eigenvalue weighted by molar-refractivity contribution is -0.132. The van der Waals surface area contributed by atoms with E-state index in [0.717, 1.165) is 25.8 Å². The monoisotopic (exact) mass is 235 g/mol. The number of allylic oxidation sites excluding steroid dienone is 3. The fraction of sp³-hybridized carbons (Fsp3) is 0.538. The number of nitrogens with one attached hydrogen (secondary N) is 2. The van der Waals surface area contributed by atoms with E-state index in [4.69, 9.17) is 5.41 Å². The predicted molar refractivity (Wildman–Crippen MR) is 70.3 cm³/mol. The highest BCUT2D eigenvalue weighted by Gasteiger charge is 2.24. The zero-order chi connectivity index (χ0) is 12.5. The van der Waals surface area contributed by atoms with Gasteiger partial charge in [-0.2, -0.15) is 0 Å². The van der Waals surface area contributed by atoms with Crippen LogP contribution in [-0.2, 0) is 4.79 Å². The molecule has 17 heavy (non-hydrogen) atoms. The van der Waals surface area contributed by atoms with E-state index in [2.05, 4.69) is 5.32 Å². The molecular formula is C13H21N3O. The number of hydrogen-bond donors (Lipinski definition) is 2. The highest BCUT2D eigenvalue weighted by atomic mass is 16.2. The number of hydrogen-bond acceptors (Lipinski definition) is 3. The van der Waals surface area contributed by atoms with Gasteiger partial charge in [-0.25, -0.2) is 0 Å². The Hall–Kier alpha value is -1.42. The third-order valence-corrected chi connectivity index (χ3v) is 2.91. The molecule has 0 bridgehead atoms. The number of carbonyl (C=O) groups excluding carboxylic acids is 1. The molecule has 0 radical (unpaired) electrons. The van der Waals surface area contributed by atoms with Gasteiger partial charge in [0, 0.05) is 19.3 Å². The summed E-state index contributed by atoms with van der Waals surface area (Å²) in [6.45, 7) is 1.50. The van der Waals surface area contributed by atoms with Gasteiger partial charge in [-0.05, 0) is 32.4 Å². The van der Waals surface area contributed by atoms with Crippen molar-refractivity contribution in [1.82, 2.24) is 10.2 Å². The molecule has 1 atom stereocenters. The smallest absolute Gasteiger partial charge is 0.239 e. The fourth-order valence-corrected chi connectivity index (χ4v) is 1.94.